The van der Waals surface area contributed by atoms with E-state index in [0.717, 1.165) is 24.3 Å². The molecule has 1 fully saturated rings. The van der Waals surface area contributed by atoms with Crippen LogP contribution in [0.3, 0.4) is 0 Å². The molecule has 1 aliphatic rings. The zero-order valence-corrected chi connectivity index (χ0v) is 22.7. The molecule has 1 saturated heterocycles. The zero-order valence-electron chi connectivity index (χ0n) is 20.4. The van der Waals surface area contributed by atoms with E-state index in [0.29, 0.717) is 38.7 Å². The minimum Gasteiger partial charge on any atom is -0.425 e. The molecule has 0 bridgehead atoms. The van der Waals surface area contributed by atoms with E-state index in [4.69, 9.17) is 32.7 Å². The zero-order chi connectivity index (χ0) is 25.7. The topological polar surface area (TPSA) is 52.6 Å². The fourth-order valence-electron chi connectivity index (χ4n) is 4.86. The van der Waals surface area contributed by atoms with Crippen molar-refractivity contribution in [1.82, 2.24) is 0 Å². The second-order valence-electron chi connectivity index (χ2n) is 9.49. The van der Waals surface area contributed by atoms with E-state index >= 15 is 0 Å². The summed E-state index contributed by atoms with van der Waals surface area (Å²) in [7, 11) is 2.05. The molecule has 2 aromatic carbocycles. The highest BCUT2D eigenvalue weighted by atomic mass is 35.5. The van der Waals surface area contributed by atoms with Crippen LogP contribution in [0.15, 0.2) is 66.0 Å². The lowest BCUT2D eigenvalue weighted by Gasteiger charge is -2.43. The standard InChI is InChI=1S/C28H30Cl2NO4S/c1-3-19-14-15-31(2,17-24(32)26-13-8-16-36-26)18-25(19)34-28(33)35-27(20-9-4-6-11-22(20)29)21-10-5-7-12-23(21)30/h4-13,16,19,25,27H,3,14-15,17-18H2,1-2H3/q+1/t19?,25-,31?/m0/s1. The number of likely N-dealkylation sites (tertiary alicyclic amines) is 1. The monoisotopic (exact) mass is 546 g/mol. The quantitative estimate of drug-likeness (QED) is 0.167. The van der Waals surface area contributed by atoms with Gasteiger partial charge in [-0.2, -0.15) is 0 Å². The summed E-state index contributed by atoms with van der Waals surface area (Å²) in [5.41, 5.74) is 1.25. The van der Waals surface area contributed by atoms with Crippen molar-refractivity contribution in [3.63, 3.8) is 0 Å². The average molecular weight is 548 g/mol. The van der Waals surface area contributed by atoms with Gasteiger partial charge in [-0.1, -0.05) is 72.6 Å². The number of carbonyl (C=O) groups excluding carboxylic acids is 2. The summed E-state index contributed by atoms with van der Waals surface area (Å²) in [6.45, 7) is 3.86. The van der Waals surface area contributed by atoms with Crippen LogP contribution in [-0.2, 0) is 9.47 Å². The molecule has 2 heterocycles. The van der Waals surface area contributed by atoms with Gasteiger partial charge < -0.3 is 14.0 Å². The van der Waals surface area contributed by atoms with Gasteiger partial charge in [-0.15, -0.1) is 11.3 Å². The Labute approximate surface area is 226 Å². The van der Waals surface area contributed by atoms with Crippen molar-refractivity contribution >= 4 is 46.5 Å². The number of hydrogen-bond donors (Lipinski definition) is 0. The number of thiophene rings is 1. The van der Waals surface area contributed by atoms with E-state index in [2.05, 4.69) is 14.0 Å². The first-order valence-electron chi connectivity index (χ1n) is 12.1. The van der Waals surface area contributed by atoms with Gasteiger partial charge in [0.1, 0.15) is 13.1 Å². The number of nitrogens with zero attached hydrogens (tertiary/aromatic N) is 1. The second kappa shape index (κ2) is 11.8. The molecule has 3 atom stereocenters. The van der Waals surface area contributed by atoms with Gasteiger partial charge in [-0.05, 0) is 30.0 Å². The molecule has 3 aromatic rings. The Bertz CT molecular complexity index is 1160. The minimum atomic E-state index is -0.815. The molecule has 5 nitrogen and oxygen atoms in total. The van der Waals surface area contributed by atoms with Crippen molar-refractivity contribution < 1.29 is 23.5 Å². The van der Waals surface area contributed by atoms with E-state index in [1.54, 1.807) is 12.1 Å². The number of halogens is 2. The molecule has 0 aliphatic carbocycles. The summed E-state index contributed by atoms with van der Waals surface area (Å²) in [6.07, 6.45) is -0.224. The molecule has 190 valence electrons. The number of benzene rings is 2. The molecule has 2 unspecified atom stereocenters. The molecule has 1 aliphatic heterocycles. The van der Waals surface area contributed by atoms with Crippen LogP contribution in [0.25, 0.3) is 0 Å². The van der Waals surface area contributed by atoms with Gasteiger partial charge in [0.25, 0.3) is 0 Å². The molecular weight excluding hydrogens is 517 g/mol. The molecule has 8 heteroatoms. The molecule has 4 rings (SSSR count). The predicted octanol–water partition coefficient (Wildman–Crippen LogP) is 7.43. The van der Waals surface area contributed by atoms with Crippen molar-refractivity contribution in [3.05, 3.63) is 92.1 Å². The fourth-order valence-corrected chi connectivity index (χ4v) is 5.99. The molecule has 0 radical (unpaired) electrons. The van der Waals surface area contributed by atoms with Gasteiger partial charge in [0.2, 0.25) is 5.78 Å². The van der Waals surface area contributed by atoms with Crippen molar-refractivity contribution in [1.29, 1.82) is 0 Å². The Morgan fingerprint density at radius 1 is 1.03 bits per heavy atom. The predicted molar refractivity (Wildman–Crippen MR) is 144 cm³/mol. The number of ether oxygens (including phenoxy) is 2. The lowest BCUT2D eigenvalue weighted by atomic mass is 9.90. The molecule has 0 saturated carbocycles. The van der Waals surface area contributed by atoms with Gasteiger partial charge in [0.15, 0.2) is 12.2 Å². The van der Waals surface area contributed by atoms with Gasteiger partial charge in [-0.3, -0.25) is 4.79 Å². The van der Waals surface area contributed by atoms with Crippen LogP contribution < -0.4 is 0 Å². The minimum absolute atomic E-state index is 0.112. The second-order valence-corrected chi connectivity index (χ2v) is 11.3. The number of piperidine rings is 1. The molecular formula is C28H30Cl2NO4S+. The summed E-state index contributed by atoms with van der Waals surface area (Å²) in [6, 6.07) is 18.2. The van der Waals surface area contributed by atoms with Crippen LogP contribution in [0, 0.1) is 5.92 Å². The maximum absolute atomic E-state index is 13.2. The summed E-state index contributed by atoms with van der Waals surface area (Å²) in [4.78, 5) is 26.7. The molecule has 0 amide bonds. The van der Waals surface area contributed by atoms with Crippen molar-refractivity contribution in [2.45, 2.75) is 32.0 Å². The van der Waals surface area contributed by atoms with Gasteiger partial charge in [0, 0.05) is 33.5 Å². The van der Waals surface area contributed by atoms with Gasteiger partial charge in [0.05, 0.1) is 18.5 Å². The van der Waals surface area contributed by atoms with E-state index in [1.807, 2.05) is 53.9 Å². The van der Waals surface area contributed by atoms with E-state index in [-0.39, 0.29) is 17.8 Å². The third-order valence-corrected chi connectivity index (χ3v) is 8.47. The normalized spacial score (nSPS) is 21.8. The van der Waals surface area contributed by atoms with Crippen LogP contribution in [0.5, 0.6) is 0 Å². The number of rotatable bonds is 8. The van der Waals surface area contributed by atoms with Crippen molar-refractivity contribution in [2.24, 2.45) is 5.92 Å². The van der Waals surface area contributed by atoms with Crippen LogP contribution in [0.1, 0.15) is 46.7 Å². The Morgan fingerprint density at radius 3 is 2.22 bits per heavy atom. The molecule has 36 heavy (non-hydrogen) atoms. The lowest BCUT2D eigenvalue weighted by Crippen LogP contribution is -2.58. The number of hydrogen-bond acceptors (Lipinski definition) is 5. The van der Waals surface area contributed by atoms with Crippen LogP contribution in [0.4, 0.5) is 4.79 Å². The Morgan fingerprint density at radius 2 is 1.67 bits per heavy atom. The summed E-state index contributed by atoms with van der Waals surface area (Å²) < 4.78 is 12.3. The first-order valence-corrected chi connectivity index (χ1v) is 13.7. The Kier molecular flexibility index (Phi) is 8.73. The largest absolute Gasteiger partial charge is 0.509 e. The molecule has 1 aromatic heterocycles. The SMILES string of the molecule is CCC1CC[N+](C)(CC(=O)c2cccs2)C[C@@H]1OC(=O)OC(c1ccccc1Cl)c1ccccc1Cl. The third kappa shape index (κ3) is 6.30. The maximum atomic E-state index is 13.2. The average Bonchev–Trinajstić information content (AvgIpc) is 3.39. The smallest absolute Gasteiger partial charge is 0.425 e. The fraction of sp³-hybridized carbons (Fsp3) is 0.357. The van der Waals surface area contributed by atoms with Crippen molar-refractivity contribution in [3.8, 4) is 0 Å². The van der Waals surface area contributed by atoms with Crippen LogP contribution in [0.2, 0.25) is 10.0 Å². The Balaban J connectivity index is 1.51. The summed E-state index contributed by atoms with van der Waals surface area (Å²) >= 11 is 14.4. The van der Waals surface area contributed by atoms with E-state index in [1.165, 1.54) is 11.3 Å². The highest BCUT2D eigenvalue weighted by molar-refractivity contribution is 7.12. The highest BCUT2D eigenvalue weighted by Gasteiger charge is 2.41. The molecule has 0 N–H and O–H groups in total. The summed E-state index contributed by atoms with van der Waals surface area (Å²) in [5.74, 6) is 0.306. The third-order valence-electron chi connectivity index (χ3n) is 6.87. The maximum Gasteiger partial charge on any atom is 0.509 e. The van der Waals surface area contributed by atoms with Crippen molar-refractivity contribution in [2.75, 3.05) is 26.7 Å². The summed E-state index contributed by atoms with van der Waals surface area (Å²) in [5, 5.41) is 2.85. The highest BCUT2D eigenvalue weighted by Crippen LogP contribution is 2.36. The van der Waals surface area contributed by atoms with E-state index in [9.17, 15) is 9.59 Å². The number of quaternary nitrogens is 1. The number of Topliss-reactive ketones (excluding diaryl/α,β-unsaturated/α-hetero) is 1. The first-order chi connectivity index (χ1) is 17.3. The number of ketones is 1. The van der Waals surface area contributed by atoms with Crippen LogP contribution >= 0.6 is 34.5 Å². The van der Waals surface area contributed by atoms with Gasteiger partial charge in [-0.25, -0.2) is 4.79 Å². The molecule has 0 spiro atoms. The Hall–Kier alpha value is -2.38. The number of likely N-dealkylation sites (N-methyl/N-ethyl adjacent to an activating group) is 1. The number of carbonyl (C=O) groups is 2. The first kappa shape index (κ1) is 26.7. The van der Waals surface area contributed by atoms with Crippen LogP contribution in [-0.4, -0.2) is 49.2 Å². The van der Waals surface area contributed by atoms with Gasteiger partial charge >= 0.3 is 6.16 Å². The van der Waals surface area contributed by atoms with E-state index < -0.39 is 12.3 Å². The lowest BCUT2D eigenvalue weighted by molar-refractivity contribution is -0.910.